The van der Waals surface area contributed by atoms with E-state index >= 15 is 0 Å². The average molecular weight is 302 g/mol. The zero-order valence-electron chi connectivity index (χ0n) is 12.5. The van der Waals surface area contributed by atoms with Gasteiger partial charge in [0.15, 0.2) is 5.69 Å². The lowest BCUT2D eigenvalue weighted by Crippen LogP contribution is -2.25. The molecule has 0 spiro atoms. The molecule has 1 aromatic rings. The first kappa shape index (κ1) is 15.9. The van der Waals surface area contributed by atoms with Crippen LogP contribution in [0.3, 0.4) is 0 Å². The molecule has 4 nitrogen and oxygen atoms in total. The molecule has 1 aromatic heterocycles. The van der Waals surface area contributed by atoms with Crippen LogP contribution < -0.4 is 10.6 Å². The average Bonchev–Trinajstić information content (AvgIpc) is 2.70. The Kier molecular flexibility index (Phi) is 4.58. The molecule has 3 atom stereocenters. The molecule has 21 heavy (non-hydrogen) atoms. The van der Waals surface area contributed by atoms with Gasteiger partial charge in [0.25, 0.3) is 0 Å². The van der Waals surface area contributed by atoms with Crippen LogP contribution in [0.2, 0.25) is 0 Å². The Morgan fingerprint density at radius 3 is 2.48 bits per heavy atom. The van der Waals surface area contributed by atoms with Gasteiger partial charge in [0.05, 0.1) is 0 Å². The van der Waals surface area contributed by atoms with Crippen LogP contribution in [0.4, 0.5) is 24.9 Å². The smallest absolute Gasteiger partial charge is 0.367 e. The molecule has 2 N–H and O–H groups in total. The molecule has 0 saturated heterocycles. The quantitative estimate of drug-likeness (QED) is 0.889. The van der Waals surface area contributed by atoms with Crippen LogP contribution in [0.25, 0.3) is 0 Å². The summed E-state index contributed by atoms with van der Waals surface area (Å²) >= 11 is 0. The summed E-state index contributed by atoms with van der Waals surface area (Å²) in [5.74, 6) is 1.23. The zero-order chi connectivity index (χ0) is 15.6. The van der Waals surface area contributed by atoms with Crippen molar-refractivity contribution in [3.63, 3.8) is 0 Å². The first-order valence-corrected chi connectivity index (χ1v) is 7.28. The van der Waals surface area contributed by atoms with Gasteiger partial charge in [-0.15, -0.1) is 0 Å². The lowest BCUT2D eigenvalue weighted by Gasteiger charge is -2.21. The summed E-state index contributed by atoms with van der Waals surface area (Å²) in [6.07, 6.45) is -2.45. The van der Waals surface area contributed by atoms with E-state index in [1.807, 2.05) is 0 Å². The van der Waals surface area contributed by atoms with Gasteiger partial charge in [-0.2, -0.15) is 18.2 Å². The summed E-state index contributed by atoms with van der Waals surface area (Å²) < 4.78 is 38.7. The molecule has 1 heterocycles. The number of nitrogens with one attached hydrogen (secondary N) is 2. The second kappa shape index (κ2) is 6.07. The number of hydrogen-bond acceptors (Lipinski definition) is 4. The predicted octanol–water partition coefficient (Wildman–Crippen LogP) is 3.77. The molecule has 3 unspecified atom stereocenters. The number of hydrogen-bond donors (Lipinski definition) is 2. The first-order valence-electron chi connectivity index (χ1n) is 7.28. The molecule has 1 fully saturated rings. The van der Waals surface area contributed by atoms with Crippen molar-refractivity contribution in [1.82, 2.24) is 9.97 Å². The highest BCUT2D eigenvalue weighted by atomic mass is 19.4. The van der Waals surface area contributed by atoms with E-state index in [-0.39, 0.29) is 17.8 Å². The molecule has 0 bridgehead atoms. The van der Waals surface area contributed by atoms with E-state index in [2.05, 4.69) is 34.4 Å². The minimum Gasteiger partial charge on any atom is -0.367 e. The van der Waals surface area contributed by atoms with Crippen molar-refractivity contribution >= 4 is 11.8 Å². The monoisotopic (exact) mass is 302 g/mol. The van der Waals surface area contributed by atoms with E-state index in [0.717, 1.165) is 18.9 Å². The molecule has 0 aromatic carbocycles. The van der Waals surface area contributed by atoms with Gasteiger partial charge < -0.3 is 10.6 Å². The molecule has 0 aliphatic heterocycles. The molecular weight excluding hydrogens is 281 g/mol. The van der Waals surface area contributed by atoms with Crippen molar-refractivity contribution in [3.8, 4) is 0 Å². The van der Waals surface area contributed by atoms with Gasteiger partial charge in [-0.3, -0.25) is 0 Å². The second-order valence-corrected chi connectivity index (χ2v) is 5.65. The normalized spacial score (nSPS) is 25.9. The number of nitrogens with zero attached hydrogens (tertiary/aromatic N) is 2. The number of alkyl halides is 3. The topological polar surface area (TPSA) is 49.8 Å². The Bertz CT molecular complexity index is 490. The summed E-state index contributed by atoms with van der Waals surface area (Å²) in [6.45, 7) is 6.54. The fraction of sp³-hybridized carbons (Fsp3) is 0.714. The van der Waals surface area contributed by atoms with Gasteiger partial charge in [0.2, 0.25) is 5.95 Å². The minimum atomic E-state index is -4.47. The van der Waals surface area contributed by atoms with Gasteiger partial charge >= 0.3 is 6.18 Å². The van der Waals surface area contributed by atoms with E-state index in [1.54, 1.807) is 6.92 Å². The van der Waals surface area contributed by atoms with Crippen molar-refractivity contribution in [1.29, 1.82) is 0 Å². The molecular formula is C14H21F3N4. The second-order valence-electron chi connectivity index (χ2n) is 5.65. The van der Waals surface area contributed by atoms with Crippen molar-refractivity contribution in [3.05, 3.63) is 11.8 Å². The third kappa shape index (κ3) is 3.77. The molecule has 118 valence electrons. The summed E-state index contributed by atoms with van der Waals surface area (Å²) in [5.41, 5.74) is -0.922. The largest absolute Gasteiger partial charge is 0.433 e. The Morgan fingerprint density at radius 1 is 1.24 bits per heavy atom. The van der Waals surface area contributed by atoms with E-state index < -0.39 is 11.9 Å². The SMILES string of the molecule is CCNc1nc(NC2CCC(C)C2C)cc(C(F)(F)F)n1. The molecule has 0 amide bonds. The maximum atomic E-state index is 12.9. The van der Waals surface area contributed by atoms with Crippen LogP contribution in [-0.2, 0) is 6.18 Å². The van der Waals surface area contributed by atoms with Crippen LogP contribution in [-0.4, -0.2) is 22.6 Å². The van der Waals surface area contributed by atoms with Gasteiger partial charge in [-0.25, -0.2) is 4.98 Å². The number of rotatable bonds is 4. The summed E-state index contributed by atoms with van der Waals surface area (Å²) in [5, 5.41) is 5.88. The van der Waals surface area contributed by atoms with E-state index in [9.17, 15) is 13.2 Å². The summed E-state index contributed by atoms with van der Waals surface area (Å²) in [6, 6.07) is 1.14. The molecule has 1 aliphatic carbocycles. The van der Waals surface area contributed by atoms with E-state index in [0.29, 0.717) is 18.4 Å². The minimum absolute atomic E-state index is 0.00789. The third-order valence-corrected chi connectivity index (χ3v) is 4.15. The Hall–Kier alpha value is -1.53. The summed E-state index contributed by atoms with van der Waals surface area (Å²) in [4.78, 5) is 7.64. The van der Waals surface area contributed by atoms with Gasteiger partial charge in [0, 0.05) is 18.7 Å². The van der Waals surface area contributed by atoms with Crippen LogP contribution in [0.1, 0.15) is 39.3 Å². The standard InChI is InChI=1S/C14H21F3N4/c1-4-18-13-20-11(14(15,16)17)7-12(21-13)19-10-6-5-8(2)9(10)3/h7-10H,4-6H2,1-3H3,(H2,18,19,20,21). The first-order chi connectivity index (χ1) is 9.81. The molecule has 7 heteroatoms. The third-order valence-electron chi connectivity index (χ3n) is 4.15. The van der Waals surface area contributed by atoms with E-state index in [4.69, 9.17) is 0 Å². The highest BCUT2D eigenvalue weighted by Crippen LogP contribution is 2.34. The Balaban J connectivity index is 2.24. The number of halogens is 3. The fourth-order valence-electron chi connectivity index (χ4n) is 2.66. The molecule has 2 rings (SSSR count). The lowest BCUT2D eigenvalue weighted by molar-refractivity contribution is -0.141. The molecule has 1 saturated carbocycles. The maximum absolute atomic E-state index is 12.9. The number of anilines is 2. The molecule has 1 aliphatic rings. The van der Waals surface area contributed by atoms with Gasteiger partial charge in [-0.05, 0) is 31.6 Å². The zero-order valence-corrected chi connectivity index (χ0v) is 12.5. The predicted molar refractivity (Wildman–Crippen MR) is 76.2 cm³/mol. The van der Waals surface area contributed by atoms with Crippen molar-refractivity contribution < 1.29 is 13.2 Å². The van der Waals surface area contributed by atoms with Crippen molar-refractivity contribution in [2.24, 2.45) is 11.8 Å². The van der Waals surface area contributed by atoms with Crippen LogP contribution in [0.5, 0.6) is 0 Å². The Morgan fingerprint density at radius 2 is 1.95 bits per heavy atom. The van der Waals surface area contributed by atoms with Gasteiger partial charge in [0.1, 0.15) is 5.82 Å². The maximum Gasteiger partial charge on any atom is 0.433 e. The van der Waals surface area contributed by atoms with Crippen LogP contribution in [0.15, 0.2) is 6.07 Å². The van der Waals surface area contributed by atoms with Crippen molar-refractivity contribution in [2.45, 2.75) is 45.8 Å². The van der Waals surface area contributed by atoms with Crippen LogP contribution >= 0.6 is 0 Å². The van der Waals surface area contributed by atoms with Crippen molar-refractivity contribution in [2.75, 3.05) is 17.2 Å². The summed E-state index contributed by atoms with van der Waals surface area (Å²) in [7, 11) is 0. The highest BCUT2D eigenvalue weighted by Gasteiger charge is 2.35. The lowest BCUT2D eigenvalue weighted by atomic mass is 9.98. The molecule has 0 radical (unpaired) electrons. The van der Waals surface area contributed by atoms with Gasteiger partial charge in [-0.1, -0.05) is 13.8 Å². The highest BCUT2D eigenvalue weighted by molar-refractivity contribution is 5.44. The van der Waals surface area contributed by atoms with E-state index in [1.165, 1.54) is 0 Å². The van der Waals surface area contributed by atoms with Crippen LogP contribution in [0, 0.1) is 11.8 Å². The fourth-order valence-corrected chi connectivity index (χ4v) is 2.66. The number of aromatic nitrogens is 2. The Labute approximate surface area is 122 Å².